The lowest BCUT2D eigenvalue weighted by atomic mass is 10.1. The molecule has 0 bridgehead atoms. The molecule has 0 aromatic heterocycles. The second-order valence-electron chi connectivity index (χ2n) is 4.66. The molecule has 3 N–H and O–H groups in total. The van der Waals surface area contributed by atoms with Crippen LogP contribution < -0.4 is 5.73 Å². The molecule has 0 aromatic carbocycles. The van der Waals surface area contributed by atoms with Gasteiger partial charge in [-0.2, -0.15) is 11.8 Å². The van der Waals surface area contributed by atoms with Gasteiger partial charge in [-0.3, -0.25) is 10.3 Å². The highest BCUT2D eigenvalue weighted by molar-refractivity contribution is 8.00. The van der Waals surface area contributed by atoms with E-state index in [2.05, 4.69) is 25.7 Å². The van der Waals surface area contributed by atoms with Crippen LogP contribution >= 0.6 is 11.8 Å². The Balaban J connectivity index is 2.47. The summed E-state index contributed by atoms with van der Waals surface area (Å²) in [6, 6.07) is 0.410. The van der Waals surface area contributed by atoms with Crippen molar-refractivity contribution in [1.82, 2.24) is 4.90 Å². The molecule has 1 atom stereocenters. The Labute approximate surface area is 90.9 Å². The third-order valence-electron chi connectivity index (χ3n) is 2.59. The maximum absolute atomic E-state index is 7.29. The molecule has 0 spiro atoms. The van der Waals surface area contributed by atoms with Crippen molar-refractivity contribution in [3.05, 3.63) is 0 Å². The molecule has 1 fully saturated rings. The van der Waals surface area contributed by atoms with Crippen LogP contribution in [0.3, 0.4) is 0 Å². The summed E-state index contributed by atoms with van der Waals surface area (Å²) in [6.45, 7) is 8.96. The molecule has 4 heteroatoms. The summed E-state index contributed by atoms with van der Waals surface area (Å²) in [5.74, 6) is 1.49. The van der Waals surface area contributed by atoms with E-state index in [0.29, 0.717) is 23.0 Å². The molecule has 1 heterocycles. The Bertz CT molecular complexity index is 215. The number of nitrogens with zero attached hydrogens (tertiary/aromatic N) is 1. The Morgan fingerprint density at radius 2 is 2.29 bits per heavy atom. The van der Waals surface area contributed by atoms with Crippen molar-refractivity contribution >= 4 is 17.6 Å². The molecule has 0 aromatic rings. The lowest BCUT2D eigenvalue weighted by molar-refractivity contribution is 0.203. The number of nitrogens with two attached hydrogens (primary N) is 1. The topological polar surface area (TPSA) is 53.1 Å². The van der Waals surface area contributed by atoms with Gasteiger partial charge in [-0.05, 0) is 20.8 Å². The first-order chi connectivity index (χ1) is 6.41. The molecule has 0 aliphatic carbocycles. The maximum atomic E-state index is 7.29. The van der Waals surface area contributed by atoms with E-state index in [-0.39, 0.29) is 0 Å². The molecule has 0 radical (unpaired) electrons. The standard InChI is InChI=1S/C10H21N3S/c1-8(6-9(11)12)13-4-5-14-10(2,3)7-13/h8H,4-7H2,1-3H3,(H3,11,12). The molecule has 82 valence electrons. The van der Waals surface area contributed by atoms with Crippen LogP contribution in [0.15, 0.2) is 0 Å². The second-order valence-corrected chi connectivity index (χ2v) is 6.46. The molecule has 0 amide bonds. The Hall–Kier alpha value is -0.220. The van der Waals surface area contributed by atoms with Gasteiger partial charge >= 0.3 is 0 Å². The first-order valence-electron chi connectivity index (χ1n) is 5.11. The minimum Gasteiger partial charge on any atom is -0.388 e. The van der Waals surface area contributed by atoms with E-state index in [1.165, 1.54) is 5.75 Å². The fourth-order valence-electron chi connectivity index (χ4n) is 1.88. The summed E-state index contributed by atoms with van der Waals surface area (Å²) >= 11 is 2.03. The molecular weight excluding hydrogens is 194 g/mol. The molecule has 14 heavy (non-hydrogen) atoms. The fraction of sp³-hybridized carbons (Fsp3) is 0.900. The van der Waals surface area contributed by atoms with E-state index < -0.39 is 0 Å². The van der Waals surface area contributed by atoms with Gasteiger partial charge in [0.15, 0.2) is 0 Å². The SMILES string of the molecule is CC(CC(=N)N)N1CCSC(C)(C)C1. The van der Waals surface area contributed by atoms with E-state index in [4.69, 9.17) is 11.1 Å². The van der Waals surface area contributed by atoms with Gasteiger partial charge in [-0.1, -0.05) is 0 Å². The van der Waals surface area contributed by atoms with Gasteiger partial charge < -0.3 is 5.73 Å². The molecular formula is C10H21N3S. The minimum absolute atomic E-state index is 0.300. The Morgan fingerprint density at radius 1 is 1.64 bits per heavy atom. The van der Waals surface area contributed by atoms with Crippen molar-refractivity contribution in [2.24, 2.45) is 5.73 Å². The largest absolute Gasteiger partial charge is 0.388 e. The highest BCUT2D eigenvalue weighted by atomic mass is 32.2. The minimum atomic E-state index is 0.300. The lowest BCUT2D eigenvalue weighted by Crippen LogP contribution is -2.48. The summed E-state index contributed by atoms with van der Waals surface area (Å²) in [6.07, 6.45) is 0.695. The summed E-state index contributed by atoms with van der Waals surface area (Å²) in [5.41, 5.74) is 5.42. The summed E-state index contributed by atoms with van der Waals surface area (Å²) in [4.78, 5) is 2.44. The average Bonchev–Trinajstić information content (AvgIpc) is 2.01. The van der Waals surface area contributed by atoms with Crippen molar-refractivity contribution in [3.8, 4) is 0 Å². The zero-order chi connectivity index (χ0) is 10.8. The quantitative estimate of drug-likeness (QED) is 0.554. The smallest absolute Gasteiger partial charge is 0.0920 e. The number of nitrogens with one attached hydrogen (secondary N) is 1. The maximum Gasteiger partial charge on any atom is 0.0920 e. The first kappa shape index (κ1) is 11.9. The third-order valence-corrected chi connectivity index (χ3v) is 3.89. The van der Waals surface area contributed by atoms with Gasteiger partial charge in [0, 0.05) is 36.1 Å². The number of thioether (sulfide) groups is 1. The van der Waals surface area contributed by atoms with Crippen molar-refractivity contribution in [2.75, 3.05) is 18.8 Å². The van der Waals surface area contributed by atoms with Crippen molar-refractivity contribution in [1.29, 1.82) is 5.41 Å². The molecule has 3 nitrogen and oxygen atoms in total. The number of hydrogen-bond donors (Lipinski definition) is 2. The van der Waals surface area contributed by atoms with E-state index in [1.807, 2.05) is 11.8 Å². The van der Waals surface area contributed by atoms with Crippen LogP contribution in [0.1, 0.15) is 27.2 Å². The highest BCUT2D eigenvalue weighted by Crippen LogP contribution is 2.30. The van der Waals surface area contributed by atoms with E-state index in [0.717, 1.165) is 13.1 Å². The summed E-state index contributed by atoms with van der Waals surface area (Å²) in [5, 5.41) is 7.29. The molecule has 1 rings (SSSR count). The second kappa shape index (κ2) is 4.53. The average molecular weight is 215 g/mol. The summed E-state index contributed by atoms with van der Waals surface area (Å²) < 4.78 is 0.350. The van der Waals surface area contributed by atoms with Crippen LogP contribution in [0.4, 0.5) is 0 Å². The molecule has 1 aliphatic rings. The summed E-state index contributed by atoms with van der Waals surface area (Å²) in [7, 11) is 0. The third kappa shape index (κ3) is 3.50. The van der Waals surface area contributed by atoms with E-state index in [1.54, 1.807) is 0 Å². The number of rotatable bonds is 3. The molecule has 0 saturated carbocycles. The van der Waals surface area contributed by atoms with Gasteiger partial charge in [-0.15, -0.1) is 0 Å². The van der Waals surface area contributed by atoms with Gasteiger partial charge in [0.05, 0.1) is 5.84 Å². The highest BCUT2D eigenvalue weighted by Gasteiger charge is 2.29. The predicted octanol–water partition coefficient (Wildman–Crippen LogP) is 1.53. The van der Waals surface area contributed by atoms with E-state index >= 15 is 0 Å². The fourth-order valence-corrected chi connectivity index (χ4v) is 3.01. The number of amidine groups is 1. The van der Waals surface area contributed by atoms with Gasteiger partial charge in [-0.25, -0.2) is 0 Å². The first-order valence-corrected chi connectivity index (χ1v) is 6.10. The van der Waals surface area contributed by atoms with Crippen molar-refractivity contribution in [3.63, 3.8) is 0 Å². The molecule has 1 unspecified atom stereocenters. The zero-order valence-electron chi connectivity index (χ0n) is 9.34. The number of hydrogen-bond acceptors (Lipinski definition) is 3. The van der Waals surface area contributed by atoms with Gasteiger partial charge in [0.2, 0.25) is 0 Å². The van der Waals surface area contributed by atoms with Crippen LogP contribution in [0.5, 0.6) is 0 Å². The van der Waals surface area contributed by atoms with E-state index in [9.17, 15) is 0 Å². The van der Waals surface area contributed by atoms with Crippen LogP contribution in [0.25, 0.3) is 0 Å². The van der Waals surface area contributed by atoms with Crippen molar-refractivity contribution in [2.45, 2.75) is 38.0 Å². The van der Waals surface area contributed by atoms with Crippen LogP contribution in [-0.2, 0) is 0 Å². The molecule has 1 aliphatic heterocycles. The van der Waals surface area contributed by atoms with Crippen molar-refractivity contribution < 1.29 is 0 Å². The monoisotopic (exact) mass is 215 g/mol. The van der Waals surface area contributed by atoms with Gasteiger partial charge in [0.25, 0.3) is 0 Å². The van der Waals surface area contributed by atoms with Crippen LogP contribution in [0.2, 0.25) is 0 Å². The zero-order valence-corrected chi connectivity index (χ0v) is 10.2. The van der Waals surface area contributed by atoms with Crippen LogP contribution in [0, 0.1) is 5.41 Å². The molecule has 1 saturated heterocycles. The normalized spacial score (nSPS) is 24.5. The Kier molecular flexibility index (Phi) is 3.84. The predicted molar refractivity (Wildman–Crippen MR) is 64.1 cm³/mol. The Morgan fingerprint density at radius 3 is 2.79 bits per heavy atom. The lowest BCUT2D eigenvalue weighted by Gasteiger charge is -2.40. The van der Waals surface area contributed by atoms with Crippen LogP contribution in [-0.4, -0.2) is 40.4 Å². The van der Waals surface area contributed by atoms with Gasteiger partial charge in [0.1, 0.15) is 0 Å².